The van der Waals surface area contributed by atoms with E-state index in [0.29, 0.717) is 41.0 Å². The second-order valence-electron chi connectivity index (χ2n) is 8.29. The molecule has 0 radical (unpaired) electrons. The maximum atomic E-state index is 12.6. The third-order valence-corrected chi connectivity index (χ3v) is 5.26. The molecule has 1 aromatic heterocycles. The van der Waals surface area contributed by atoms with Crippen LogP contribution < -0.4 is 4.74 Å². The summed E-state index contributed by atoms with van der Waals surface area (Å²) in [5, 5.41) is 13.6. The van der Waals surface area contributed by atoms with Crippen LogP contribution in [0.4, 0.5) is 8.78 Å². The number of para-hydroxylation sites is 1. The number of benzene rings is 1. The first-order valence-electron chi connectivity index (χ1n) is 9.39. The van der Waals surface area contributed by atoms with Gasteiger partial charge in [-0.15, -0.1) is 0 Å². The molecule has 0 aliphatic carbocycles. The molecule has 29 heavy (non-hydrogen) atoms. The molecule has 158 valence electrons. The zero-order valence-electron chi connectivity index (χ0n) is 16.7. The van der Waals surface area contributed by atoms with Crippen LogP contribution in [0.25, 0.3) is 11.3 Å². The predicted molar refractivity (Wildman–Crippen MR) is 101 cm³/mol. The van der Waals surface area contributed by atoms with Gasteiger partial charge >= 0.3 is 12.6 Å². The number of rotatable bonds is 7. The Bertz CT molecular complexity index is 850. The number of aliphatic carboxylic acids is 1. The van der Waals surface area contributed by atoms with Crippen LogP contribution in [0.3, 0.4) is 0 Å². The van der Waals surface area contributed by atoms with Crippen LogP contribution in [-0.2, 0) is 11.3 Å². The van der Waals surface area contributed by atoms with Crippen molar-refractivity contribution in [2.75, 3.05) is 34.2 Å². The standard InChI is InChI=1S/C20H25F2N3O4/c1-25(2,3)15-8-13(19(26)27)10-24(12-15)11-14-9-18(29-23-14)16-6-4-5-7-17(16)28-20(21)22/h4-7,9,13,15,20H,8,10-12H2,1-3H3/p+1/t13-,15?/m1/s1. The average Bonchev–Trinajstić information content (AvgIpc) is 3.09. The number of likely N-dealkylation sites (tertiary alicyclic amines) is 1. The maximum Gasteiger partial charge on any atom is 0.387 e. The average molecular weight is 410 g/mol. The molecule has 7 nitrogen and oxygen atoms in total. The summed E-state index contributed by atoms with van der Waals surface area (Å²) in [6.45, 7) is -1.35. The highest BCUT2D eigenvalue weighted by molar-refractivity contribution is 5.70. The highest BCUT2D eigenvalue weighted by Crippen LogP contribution is 2.32. The highest BCUT2D eigenvalue weighted by atomic mass is 19.3. The minimum atomic E-state index is -2.94. The van der Waals surface area contributed by atoms with Gasteiger partial charge in [0.1, 0.15) is 11.8 Å². The van der Waals surface area contributed by atoms with Gasteiger partial charge < -0.3 is 18.8 Å². The molecule has 2 aromatic rings. The van der Waals surface area contributed by atoms with Gasteiger partial charge in [0, 0.05) is 25.6 Å². The normalized spacial score (nSPS) is 20.8. The van der Waals surface area contributed by atoms with Gasteiger partial charge in [-0.25, -0.2) is 0 Å². The zero-order valence-corrected chi connectivity index (χ0v) is 16.7. The number of hydrogen-bond donors (Lipinski definition) is 1. The van der Waals surface area contributed by atoms with E-state index in [1.54, 1.807) is 24.3 Å². The molecule has 2 heterocycles. The van der Waals surface area contributed by atoms with E-state index in [4.69, 9.17) is 4.52 Å². The van der Waals surface area contributed by atoms with Gasteiger partial charge in [-0.3, -0.25) is 9.69 Å². The second-order valence-corrected chi connectivity index (χ2v) is 8.29. The molecule has 1 unspecified atom stereocenters. The molecular formula is C20H26F2N3O4+. The maximum absolute atomic E-state index is 12.6. The molecule has 2 atom stereocenters. The molecule has 1 aromatic carbocycles. The minimum Gasteiger partial charge on any atom is -0.481 e. The fourth-order valence-electron chi connectivity index (χ4n) is 3.64. The van der Waals surface area contributed by atoms with Crippen LogP contribution in [-0.4, -0.2) is 72.5 Å². The van der Waals surface area contributed by atoms with Gasteiger partial charge in [0.15, 0.2) is 5.76 Å². The van der Waals surface area contributed by atoms with Gasteiger partial charge in [0.05, 0.1) is 44.9 Å². The number of aromatic nitrogens is 1. The number of hydrogen-bond acceptors (Lipinski definition) is 5. The summed E-state index contributed by atoms with van der Waals surface area (Å²) in [6.07, 6.45) is 0.623. The van der Waals surface area contributed by atoms with E-state index in [-0.39, 0.29) is 11.8 Å². The van der Waals surface area contributed by atoms with Crippen molar-refractivity contribution in [3.05, 3.63) is 36.0 Å². The third-order valence-electron chi connectivity index (χ3n) is 5.26. The summed E-state index contributed by atoms with van der Waals surface area (Å²) >= 11 is 0. The Labute approximate surface area is 168 Å². The number of likely N-dealkylation sites (N-methyl/N-ethyl adjacent to an activating group) is 1. The van der Waals surface area contributed by atoms with Crippen molar-refractivity contribution in [2.45, 2.75) is 25.6 Å². The fraction of sp³-hybridized carbons (Fsp3) is 0.500. The quantitative estimate of drug-likeness (QED) is 0.708. The topological polar surface area (TPSA) is 75.8 Å². The van der Waals surface area contributed by atoms with Crippen LogP contribution in [0.1, 0.15) is 12.1 Å². The number of quaternary nitrogens is 1. The number of nitrogens with zero attached hydrogens (tertiary/aromatic N) is 3. The molecule has 0 saturated carbocycles. The van der Waals surface area contributed by atoms with Crippen molar-refractivity contribution in [2.24, 2.45) is 5.92 Å². The highest BCUT2D eigenvalue weighted by Gasteiger charge is 2.38. The number of alkyl halides is 2. The van der Waals surface area contributed by atoms with E-state index in [9.17, 15) is 18.7 Å². The Balaban J connectivity index is 1.77. The largest absolute Gasteiger partial charge is 0.481 e. The molecule has 0 amide bonds. The molecule has 0 bridgehead atoms. The molecule has 9 heteroatoms. The summed E-state index contributed by atoms with van der Waals surface area (Å²) in [7, 11) is 6.17. The van der Waals surface area contributed by atoms with Crippen molar-refractivity contribution < 1.29 is 32.4 Å². The number of ether oxygens (including phenoxy) is 1. The second kappa shape index (κ2) is 8.46. The monoisotopic (exact) mass is 410 g/mol. The van der Waals surface area contributed by atoms with Crippen LogP contribution in [0.15, 0.2) is 34.9 Å². The first-order chi connectivity index (χ1) is 13.6. The zero-order chi connectivity index (χ0) is 21.2. The van der Waals surface area contributed by atoms with Gasteiger partial charge in [0.25, 0.3) is 0 Å². The molecule has 1 saturated heterocycles. The third kappa shape index (κ3) is 5.30. The van der Waals surface area contributed by atoms with E-state index >= 15 is 0 Å². The van der Waals surface area contributed by atoms with Crippen molar-refractivity contribution in [1.82, 2.24) is 10.1 Å². The summed E-state index contributed by atoms with van der Waals surface area (Å²) in [6, 6.07) is 8.22. The van der Waals surface area contributed by atoms with Crippen molar-refractivity contribution >= 4 is 5.97 Å². The van der Waals surface area contributed by atoms with Crippen LogP contribution in [0.5, 0.6) is 5.75 Å². The number of halogens is 2. The number of carboxylic acids is 1. The van der Waals surface area contributed by atoms with Crippen molar-refractivity contribution in [1.29, 1.82) is 0 Å². The Hall–Kier alpha value is -2.52. The van der Waals surface area contributed by atoms with Crippen molar-refractivity contribution in [3.63, 3.8) is 0 Å². The lowest BCUT2D eigenvalue weighted by atomic mass is 9.92. The van der Waals surface area contributed by atoms with Crippen LogP contribution >= 0.6 is 0 Å². The summed E-state index contributed by atoms with van der Waals surface area (Å²) in [4.78, 5) is 13.7. The van der Waals surface area contributed by atoms with Gasteiger partial charge in [0.2, 0.25) is 0 Å². The smallest absolute Gasteiger partial charge is 0.387 e. The van der Waals surface area contributed by atoms with Crippen LogP contribution in [0.2, 0.25) is 0 Å². The lowest BCUT2D eigenvalue weighted by Gasteiger charge is -2.42. The molecule has 3 rings (SSSR count). The molecule has 1 aliphatic heterocycles. The van der Waals surface area contributed by atoms with E-state index in [0.717, 1.165) is 6.54 Å². The molecule has 1 fully saturated rings. The van der Waals surface area contributed by atoms with E-state index in [2.05, 4.69) is 35.9 Å². The fourth-order valence-corrected chi connectivity index (χ4v) is 3.64. The Morgan fingerprint density at radius 2 is 2.07 bits per heavy atom. The van der Waals surface area contributed by atoms with Crippen LogP contribution in [0, 0.1) is 5.92 Å². The molecule has 0 spiro atoms. The van der Waals surface area contributed by atoms with Crippen molar-refractivity contribution in [3.8, 4) is 17.1 Å². The Morgan fingerprint density at radius 3 is 2.72 bits per heavy atom. The first kappa shape index (κ1) is 21.2. The number of carbonyl (C=O) groups is 1. The summed E-state index contributed by atoms with van der Waals surface area (Å²) in [5.74, 6) is -0.907. The minimum absolute atomic E-state index is 0.0132. The summed E-state index contributed by atoms with van der Waals surface area (Å²) < 4.78 is 35.9. The lowest BCUT2D eigenvalue weighted by Crippen LogP contribution is -2.57. The van der Waals surface area contributed by atoms with Gasteiger partial charge in [-0.2, -0.15) is 8.78 Å². The van der Waals surface area contributed by atoms with E-state index in [1.807, 2.05) is 0 Å². The first-order valence-corrected chi connectivity index (χ1v) is 9.39. The molecular weight excluding hydrogens is 384 g/mol. The van der Waals surface area contributed by atoms with Gasteiger partial charge in [-0.05, 0) is 12.1 Å². The van der Waals surface area contributed by atoms with E-state index in [1.165, 1.54) is 6.07 Å². The predicted octanol–water partition coefficient (Wildman–Crippen LogP) is 2.92. The SMILES string of the molecule is C[N+](C)(C)C1C[C@@H](C(=O)O)CN(Cc2cc(-c3ccccc3OC(F)F)on2)C1. The molecule has 1 N–H and O–H groups in total. The van der Waals surface area contributed by atoms with Gasteiger partial charge in [-0.1, -0.05) is 17.3 Å². The lowest BCUT2D eigenvalue weighted by molar-refractivity contribution is -0.897. The Morgan fingerprint density at radius 1 is 1.34 bits per heavy atom. The number of piperidine rings is 1. The van der Waals surface area contributed by atoms with E-state index < -0.39 is 18.5 Å². The molecule has 1 aliphatic rings. The Kier molecular flexibility index (Phi) is 6.18. The summed E-state index contributed by atoms with van der Waals surface area (Å²) in [5.41, 5.74) is 0.996. The number of carboxylic acid groups (broad SMARTS) is 1.